The van der Waals surface area contributed by atoms with E-state index in [0.29, 0.717) is 22.3 Å². The van der Waals surface area contributed by atoms with Gasteiger partial charge in [0.25, 0.3) is 5.91 Å². The molecule has 1 heterocycles. The van der Waals surface area contributed by atoms with Gasteiger partial charge < -0.3 is 4.57 Å². The maximum absolute atomic E-state index is 12.3. The van der Waals surface area contributed by atoms with Crippen molar-refractivity contribution in [1.82, 2.24) is 30.5 Å². The number of halogens is 1. The lowest BCUT2D eigenvalue weighted by Gasteiger charge is -2.23. The second-order valence-electron chi connectivity index (χ2n) is 7.60. The van der Waals surface area contributed by atoms with Gasteiger partial charge in [0.1, 0.15) is 0 Å². The number of aromatic nitrogens is 3. The van der Waals surface area contributed by atoms with E-state index >= 15 is 0 Å². The number of carbonyl (C=O) groups is 2. The first kappa shape index (κ1) is 24.8. The second kappa shape index (κ2) is 11.8. The van der Waals surface area contributed by atoms with Gasteiger partial charge in [-0.1, -0.05) is 60.6 Å². The summed E-state index contributed by atoms with van der Waals surface area (Å²) in [5, 5.41) is 9.98. The number of thioether (sulfide) groups is 1. The van der Waals surface area contributed by atoms with Crippen molar-refractivity contribution in [2.75, 3.05) is 19.8 Å². The number of hydrogen-bond acceptors (Lipinski definition) is 6. The van der Waals surface area contributed by atoms with Crippen LogP contribution in [0, 0.1) is 0 Å². The minimum absolute atomic E-state index is 0.0760. The molecule has 0 aliphatic heterocycles. The minimum atomic E-state index is -0.420. The summed E-state index contributed by atoms with van der Waals surface area (Å²) in [6.45, 7) is 2.71. The molecule has 0 spiro atoms. The normalized spacial score (nSPS) is 11.9. The van der Waals surface area contributed by atoms with Gasteiger partial charge in [-0.3, -0.25) is 25.3 Å². The van der Waals surface area contributed by atoms with Gasteiger partial charge in [0.05, 0.1) is 18.3 Å². The molecule has 8 nitrogen and oxygen atoms in total. The predicted octanol–water partition coefficient (Wildman–Crippen LogP) is 3.55. The highest BCUT2D eigenvalue weighted by Gasteiger charge is 2.22. The molecule has 33 heavy (non-hydrogen) atoms. The number of nitrogens with one attached hydrogen (secondary N) is 2. The lowest BCUT2D eigenvalue weighted by molar-refractivity contribution is -0.119. The van der Waals surface area contributed by atoms with Crippen LogP contribution in [-0.2, 0) is 11.3 Å². The van der Waals surface area contributed by atoms with Gasteiger partial charge in [-0.2, -0.15) is 0 Å². The summed E-state index contributed by atoms with van der Waals surface area (Å²) in [6.07, 6.45) is 0.877. The molecule has 1 aromatic heterocycles. The Balaban J connectivity index is 1.66. The molecule has 0 saturated heterocycles. The number of benzene rings is 2. The standard InChI is InChI=1S/C23H27ClN6O2S/c1-4-19(29(2)3)21-26-28-23(30(21)14-16-8-6-5-7-9-16)33-15-20(31)25-27-22(32)17-10-12-18(24)13-11-17/h5-13,19H,4,14-15H2,1-3H3,(H,25,31)(H,27,32)/t19-/m1/s1. The average molecular weight is 487 g/mol. The van der Waals surface area contributed by atoms with Gasteiger partial charge in [0.15, 0.2) is 11.0 Å². The van der Waals surface area contributed by atoms with Gasteiger partial charge in [0, 0.05) is 10.6 Å². The maximum atomic E-state index is 12.3. The van der Waals surface area contributed by atoms with Gasteiger partial charge in [0.2, 0.25) is 5.91 Å². The van der Waals surface area contributed by atoms with Crippen LogP contribution < -0.4 is 10.9 Å². The first-order valence-corrected chi connectivity index (χ1v) is 11.9. The van der Waals surface area contributed by atoms with E-state index < -0.39 is 5.91 Å². The Labute approximate surface area is 202 Å². The summed E-state index contributed by atoms with van der Waals surface area (Å²) in [5.74, 6) is 0.159. The molecular formula is C23H27ClN6O2S. The van der Waals surface area contributed by atoms with E-state index in [1.54, 1.807) is 24.3 Å². The number of rotatable bonds is 9. The Hall–Kier alpha value is -2.88. The van der Waals surface area contributed by atoms with Crippen molar-refractivity contribution in [2.45, 2.75) is 31.1 Å². The summed E-state index contributed by atoms with van der Waals surface area (Å²) in [6, 6.07) is 16.6. The molecule has 2 amide bonds. The minimum Gasteiger partial charge on any atom is -0.300 e. The van der Waals surface area contributed by atoms with E-state index in [0.717, 1.165) is 17.8 Å². The zero-order valence-corrected chi connectivity index (χ0v) is 20.4. The molecule has 174 valence electrons. The van der Waals surface area contributed by atoms with Crippen LogP contribution in [0.25, 0.3) is 0 Å². The van der Waals surface area contributed by atoms with E-state index in [4.69, 9.17) is 11.6 Å². The molecule has 1 atom stereocenters. The lowest BCUT2D eigenvalue weighted by Crippen LogP contribution is -2.42. The molecule has 3 aromatic rings. The lowest BCUT2D eigenvalue weighted by atomic mass is 10.2. The van der Waals surface area contributed by atoms with Crippen LogP contribution in [0.4, 0.5) is 0 Å². The monoisotopic (exact) mass is 486 g/mol. The SMILES string of the molecule is CC[C@H](c1nnc(SCC(=O)NNC(=O)c2ccc(Cl)cc2)n1Cc1ccccc1)N(C)C. The molecule has 0 bridgehead atoms. The number of carbonyl (C=O) groups excluding carboxylic acids is 2. The smallest absolute Gasteiger partial charge is 0.269 e. The molecule has 0 aliphatic carbocycles. The Morgan fingerprint density at radius 1 is 1.06 bits per heavy atom. The van der Waals surface area contributed by atoms with Gasteiger partial charge in [-0.25, -0.2) is 0 Å². The summed E-state index contributed by atoms with van der Waals surface area (Å²) in [4.78, 5) is 26.6. The zero-order valence-electron chi connectivity index (χ0n) is 18.8. The summed E-state index contributed by atoms with van der Waals surface area (Å²) in [5.41, 5.74) is 6.36. The third-order valence-corrected chi connectivity index (χ3v) is 6.21. The Bertz CT molecular complexity index is 1070. The van der Waals surface area contributed by atoms with Crippen LogP contribution in [-0.4, -0.2) is 51.3 Å². The van der Waals surface area contributed by atoms with Crippen molar-refractivity contribution < 1.29 is 9.59 Å². The molecule has 0 fully saturated rings. The summed E-state index contributed by atoms with van der Waals surface area (Å²) >= 11 is 7.11. The third kappa shape index (κ3) is 6.80. The van der Waals surface area contributed by atoms with Crippen molar-refractivity contribution >= 4 is 35.2 Å². The number of hydrogen-bond donors (Lipinski definition) is 2. The van der Waals surface area contributed by atoms with Crippen molar-refractivity contribution in [3.63, 3.8) is 0 Å². The first-order chi connectivity index (χ1) is 15.9. The topological polar surface area (TPSA) is 92.1 Å². The highest BCUT2D eigenvalue weighted by atomic mass is 35.5. The van der Waals surface area contributed by atoms with Gasteiger partial charge in [-0.15, -0.1) is 10.2 Å². The van der Waals surface area contributed by atoms with Crippen LogP contribution in [0.5, 0.6) is 0 Å². The quantitative estimate of drug-likeness (QED) is 0.355. The summed E-state index contributed by atoms with van der Waals surface area (Å²) < 4.78 is 2.05. The fourth-order valence-electron chi connectivity index (χ4n) is 3.31. The molecule has 0 unspecified atom stereocenters. The van der Waals surface area contributed by atoms with E-state index in [2.05, 4.69) is 32.9 Å². The molecule has 2 N–H and O–H groups in total. The maximum Gasteiger partial charge on any atom is 0.269 e. The molecule has 2 aromatic carbocycles. The molecular weight excluding hydrogens is 460 g/mol. The van der Waals surface area contributed by atoms with Crippen molar-refractivity contribution in [3.8, 4) is 0 Å². The summed E-state index contributed by atoms with van der Waals surface area (Å²) in [7, 11) is 4.03. The molecule has 3 rings (SSSR count). The highest BCUT2D eigenvalue weighted by Crippen LogP contribution is 2.26. The Morgan fingerprint density at radius 2 is 1.76 bits per heavy atom. The van der Waals surface area contributed by atoms with Crippen molar-refractivity contribution in [2.24, 2.45) is 0 Å². The van der Waals surface area contributed by atoms with E-state index in [1.165, 1.54) is 11.8 Å². The van der Waals surface area contributed by atoms with Crippen LogP contribution >= 0.6 is 23.4 Å². The van der Waals surface area contributed by atoms with Crippen molar-refractivity contribution in [1.29, 1.82) is 0 Å². The average Bonchev–Trinajstić information content (AvgIpc) is 3.19. The van der Waals surface area contributed by atoms with Crippen molar-refractivity contribution in [3.05, 3.63) is 76.6 Å². The number of hydrazine groups is 1. The van der Waals surface area contributed by atoms with Gasteiger partial charge >= 0.3 is 0 Å². The van der Waals surface area contributed by atoms with Crippen LogP contribution in [0.2, 0.25) is 5.02 Å². The molecule has 0 radical (unpaired) electrons. The van der Waals surface area contributed by atoms with Crippen LogP contribution in [0.15, 0.2) is 59.8 Å². The fraction of sp³-hybridized carbons (Fsp3) is 0.304. The third-order valence-electron chi connectivity index (χ3n) is 4.99. The zero-order chi connectivity index (χ0) is 23.8. The molecule has 0 saturated carbocycles. The van der Waals surface area contributed by atoms with Gasteiger partial charge in [-0.05, 0) is 50.3 Å². The largest absolute Gasteiger partial charge is 0.300 e. The van der Waals surface area contributed by atoms with E-state index in [-0.39, 0.29) is 17.7 Å². The van der Waals surface area contributed by atoms with Crippen LogP contribution in [0.3, 0.4) is 0 Å². The number of nitrogens with zero attached hydrogens (tertiary/aromatic N) is 4. The van der Waals surface area contributed by atoms with E-state index in [1.807, 2.05) is 49.0 Å². The second-order valence-corrected chi connectivity index (χ2v) is 8.98. The molecule has 10 heteroatoms. The first-order valence-electron chi connectivity index (χ1n) is 10.5. The Morgan fingerprint density at radius 3 is 2.39 bits per heavy atom. The number of amides is 2. The Kier molecular flexibility index (Phi) is 8.87. The van der Waals surface area contributed by atoms with E-state index in [9.17, 15) is 9.59 Å². The fourth-order valence-corrected chi connectivity index (χ4v) is 4.18. The predicted molar refractivity (Wildman–Crippen MR) is 130 cm³/mol. The van der Waals surface area contributed by atoms with Crippen LogP contribution in [0.1, 0.15) is 41.1 Å². The molecule has 0 aliphatic rings. The highest BCUT2D eigenvalue weighted by molar-refractivity contribution is 7.99.